The summed E-state index contributed by atoms with van der Waals surface area (Å²) in [6.45, 7) is 0.182. The number of carbonyl (C=O) groups is 1. The normalized spacial score (nSPS) is 17.0. The number of hydrogen-bond acceptors (Lipinski definition) is 6. The van der Waals surface area contributed by atoms with Gasteiger partial charge in [0.2, 0.25) is 6.79 Å². The number of hydrogen-bond donors (Lipinski definition) is 2. The number of anilines is 2. The maximum Gasteiger partial charge on any atom is 0.262 e. The first-order valence-electron chi connectivity index (χ1n) is 9.45. The topological polar surface area (TPSA) is 79.5 Å². The molecule has 1 atom stereocenters. The highest BCUT2D eigenvalue weighted by molar-refractivity contribution is 7.13. The number of para-hydroxylation sites is 1. The summed E-state index contributed by atoms with van der Waals surface area (Å²) < 4.78 is 11.0. The molecular formula is C22H16N4O3S. The highest BCUT2D eigenvalue weighted by atomic mass is 32.1. The van der Waals surface area contributed by atoms with E-state index in [-0.39, 0.29) is 12.7 Å². The lowest BCUT2D eigenvalue weighted by Gasteiger charge is -2.38. The molecule has 2 aliphatic heterocycles. The molecular weight excluding hydrogens is 400 g/mol. The van der Waals surface area contributed by atoms with Crippen LogP contribution in [0.2, 0.25) is 0 Å². The zero-order chi connectivity index (χ0) is 20.1. The van der Waals surface area contributed by atoms with Gasteiger partial charge in [0.25, 0.3) is 5.91 Å². The maximum atomic E-state index is 13.6. The van der Waals surface area contributed by atoms with E-state index < -0.39 is 6.17 Å². The van der Waals surface area contributed by atoms with Crippen LogP contribution < -0.4 is 19.7 Å². The van der Waals surface area contributed by atoms with Crippen LogP contribution in [0.4, 0.5) is 11.4 Å². The van der Waals surface area contributed by atoms with Crippen molar-refractivity contribution in [2.45, 2.75) is 6.17 Å². The third-order valence-corrected chi connectivity index (χ3v) is 6.18. The monoisotopic (exact) mass is 416 g/mol. The largest absolute Gasteiger partial charge is 0.454 e. The standard InChI is InChI=1S/C22H16N4O3S/c27-22-14-4-1-2-5-16(14)24-21(15-11-23-25-20(15)19-6-3-9-30-19)26(22)13-7-8-17-18(10-13)29-12-28-17/h1-11,21,24H,12H2,(H,23,25)/t21-/m0/s1. The molecule has 0 aliphatic carbocycles. The second-order valence-electron chi connectivity index (χ2n) is 6.98. The molecule has 2 aliphatic rings. The summed E-state index contributed by atoms with van der Waals surface area (Å²) in [4.78, 5) is 16.4. The van der Waals surface area contributed by atoms with Gasteiger partial charge in [0.15, 0.2) is 11.5 Å². The van der Waals surface area contributed by atoms with Crippen LogP contribution in [0.1, 0.15) is 22.1 Å². The van der Waals surface area contributed by atoms with Gasteiger partial charge in [-0.2, -0.15) is 5.10 Å². The highest BCUT2D eigenvalue weighted by Gasteiger charge is 2.36. The van der Waals surface area contributed by atoms with Crippen LogP contribution >= 0.6 is 11.3 Å². The van der Waals surface area contributed by atoms with Crippen LogP contribution in [0.5, 0.6) is 11.5 Å². The molecule has 0 bridgehead atoms. The second-order valence-corrected chi connectivity index (χ2v) is 7.93. The molecule has 0 unspecified atom stereocenters. The van der Waals surface area contributed by atoms with Crippen molar-refractivity contribution >= 4 is 28.6 Å². The second kappa shape index (κ2) is 6.64. The van der Waals surface area contributed by atoms with Gasteiger partial charge in [-0.25, -0.2) is 0 Å². The fourth-order valence-corrected chi connectivity index (χ4v) is 4.64. The van der Waals surface area contributed by atoms with Gasteiger partial charge in [0.1, 0.15) is 6.17 Å². The van der Waals surface area contributed by atoms with E-state index in [0.29, 0.717) is 17.1 Å². The number of nitrogens with one attached hydrogen (secondary N) is 2. The lowest BCUT2D eigenvalue weighted by Crippen LogP contribution is -2.43. The Kier molecular flexibility index (Phi) is 3.78. The molecule has 2 aromatic carbocycles. The Bertz CT molecular complexity index is 1250. The number of amides is 1. The highest BCUT2D eigenvalue weighted by Crippen LogP contribution is 2.43. The Balaban J connectivity index is 1.52. The van der Waals surface area contributed by atoms with Crippen LogP contribution in [0, 0.1) is 0 Å². The van der Waals surface area contributed by atoms with Gasteiger partial charge in [0, 0.05) is 17.3 Å². The number of benzene rings is 2. The van der Waals surface area contributed by atoms with Crippen LogP contribution in [0.15, 0.2) is 66.2 Å². The van der Waals surface area contributed by atoms with E-state index in [4.69, 9.17) is 9.47 Å². The third-order valence-electron chi connectivity index (χ3n) is 5.29. The first-order valence-corrected chi connectivity index (χ1v) is 10.3. The van der Waals surface area contributed by atoms with E-state index in [1.54, 1.807) is 22.4 Å². The summed E-state index contributed by atoms with van der Waals surface area (Å²) >= 11 is 1.62. The van der Waals surface area contributed by atoms with E-state index in [1.807, 2.05) is 60.0 Å². The zero-order valence-electron chi connectivity index (χ0n) is 15.7. The van der Waals surface area contributed by atoms with Gasteiger partial charge in [0.05, 0.1) is 28.0 Å². The minimum absolute atomic E-state index is 0.0912. The summed E-state index contributed by atoms with van der Waals surface area (Å²) in [7, 11) is 0. The van der Waals surface area contributed by atoms with Crippen molar-refractivity contribution in [2.24, 2.45) is 0 Å². The molecule has 4 aromatic rings. The van der Waals surface area contributed by atoms with Crippen molar-refractivity contribution in [3.63, 3.8) is 0 Å². The molecule has 0 saturated carbocycles. The molecule has 0 radical (unpaired) electrons. The minimum Gasteiger partial charge on any atom is -0.454 e. The van der Waals surface area contributed by atoms with E-state index in [2.05, 4.69) is 15.5 Å². The van der Waals surface area contributed by atoms with Crippen molar-refractivity contribution in [3.05, 3.63) is 77.3 Å². The number of aromatic nitrogens is 2. The molecule has 0 spiro atoms. The fourth-order valence-electron chi connectivity index (χ4n) is 3.89. The summed E-state index contributed by atoms with van der Waals surface area (Å²) in [6, 6.07) is 17.1. The predicted molar refractivity (Wildman–Crippen MR) is 114 cm³/mol. The Labute approximate surface area is 175 Å². The van der Waals surface area contributed by atoms with Crippen LogP contribution in [0.25, 0.3) is 10.6 Å². The zero-order valence-corrected chi connectivity index (χ0v) is 16.5. The SMILES string of the molecule is O=C1c2ccccc2N[C@H](c2cn[nH]c2-c2cccs2)N1c1ccc2c(c1)OCO2. The van der Waals surface area contributed by atoms with Crippen molar-refractivity contribution in [1.82, 2.24) is 10.2 Å². The van der Waals surface area contributed by atoms with E-state index >= 15 is 0 Å². The number of rotatable bonds is 3. The average Bonchev–Trinajstić information content (AvgIpc) is 3.54. The molecule has 0 saturated heterocycles. The number of fused-ring (bicyclic) bond motifs is 2. The minimum atomic E-state index is -0.441. The number of carbonyl (C=O) groups excluding carboxylic acids is 1. The number of H-pyrrole nitrogens is 1. The molecule has 6 rings (SSSR count). The molecule has 7 nitrogen and oxygen atoms in total. The first kappa shape index (κ1) is 17.1. The smallest absolute Gasteiger partial charge is 0.262 e. The number of thiophene rings is 1. The van der Waals surface area contributed by atoms with Crippen molar-refractivity contribution < 1.29 is 14.3 Å². The fraction of sp³-hybridized carbons (Fsp3) is 0.0909. The molecule has 1 amide bonds. The molecule has 4 heterocycles. The predicted octanol–water partition coefficient (Wildman–Crippen LogP) is 4.64. The van der Waals surface area contributed by atoms with Crippen LogP contribution in [-0.2, 0) is 0 Å². The number of nitrogens with zero attached hydrogens (tertiary/aromatic N) is 2. The molecule has 0 fully saturated rings. The molecule has 30 heavy (non-hydrogen) atoms. The molecule has 8 heteroatoms. The Morgan fingerprint density at radius 1 is 1.07 bits per heavy atom. The number of ether oxygens (including phenoxy) is 2. The van der Waals surface area contributed by atoms with Crippen molar-refractivity contribution in [3.8, 4) is 22.1 Å². The van der Waals surface area contributed by atoms with Crippen LogP contribution in [0.3, 0.4) is 0 Å². The Hall–Kier alpha value is -3.78. The summed E-state index contributed by atoms with van der Waals surface area (Å²) in [5.41, 5.74) is 3.91. The van der Waals surface area contributed by atoms with Gasteiger partial charge < -0.3 is 14.8 Å². The molecule has 2 aromatic heterocycles. The van der Waals surface area contributed by atoms with E-state index in [0.717, 1.165) is 27.5 Å². The van der Waals surface area contributed by atoms with Crippen molar-refractivity contribution in [1.29, 1.82) is 0 Å². The molecule has 2 N–H and O–H groups in total. The van der Waals surface area contributed by atoms with Gasteiger partial charge in [-0.1, -0.05) is 18.2 Å². The summed E-state index contributed by atoms with van der Waals surface area (Å²) in [5, 5.41) is 12.9. The van der Waals surface area contributed by atoms with Gasteiger partial charge in [-0.15, -0.1) is 11.3 Å². The Morgan fingerprint density at radius 2 is 1.97 bits per heavy atom. The van der Waals surface area contributed by atoms with E-state index in [1.165, 1.54) is 0 Å². The number of aromatic amines is 1. The third kappa shape index (κ3) is 2.57. The van der Waals surface area contributed by atoms with Gasteiger partial charge in [-0.05, 0) is 35.7 Å². The van der Waals surface area contributed by atoms with Gasteiger partial charge in [-0.3, -0.25) is 14.8 Å². The summed E-state index contributed by atoms with van der Waals surface area (Å²) in [6.07, 6.45) is 1.33. The average molecular weight is 416 g/mol. The lowest BCUT2D eigenvalue weighted by atomic mass is 10.0. The van der Waals surface area contributed by atoms with E-state index in [9.17, 15) is 4.79 Å². The first-order chi connectivity index (χ1) is 14.8. The van der Waals surface area contributed by atoms with Crippen molar-refractivity contribution in [2.75, 3.05) is 17.0 Å². The maximum absolute atomic E-state index is 13.6. The van der Waals surface area contributed by atoms with Gasteiger partial charge >= 0.3 is 0 Å². The quantitative estimate of drug-likeness (QED) is 0.509. The molecule has 148 valence electrons. The van der Waals surface area contributed by atoms with Crippen LogP contribution in [-0.4, -0.2) is 22.9 Å². The lowest BCUT2D eigenvalue weighted by molar-refractivity contribution is 0.0975. The Morgan fingerprint density at radius 3 is 2.87 bits per heavy atom. The summed E-state index contributed by atoms with van der Waals surface area (Å²) in [5.74, 6) is 1.21.